The van der Waals surface area contributed by atoms with Gasteiger partial charge in [0.05, 0.1) is 4.88 Å². The van der Waals surface area contributed by atoms with Gasteiger partial charge in [0.2, 0.25) is 0 Å². The van der Waals surface area contributed by atoms with E-state index in [4.69, 9.17) is 12.2 Å². The predicted molar refractivity (Wildman–Crippen MR) is 81.4 cm³/mol. The van der Waals surface area contributed by atoms with Gasteiger partial charge in [-0.15, -0.1) is 0 Å². The average molecular weight is 286 g/mol. The first kappa shape index (κ1) is 12.0. The summed E-state index contributed by atoms with van der Waals surface area (Å²) in [4.78, 5) is 9.39. The van der Waals surface area contributed by atoms with Crippen LogP contribution in [0.2, 0.25) is 0 Å². The lowest BCUT2D eigenvalue weighted by atomic mass is 10.2. The highest BCUT2D eigenvalue weighted by Crippen LogP contribution is 2.28. The monoisotopic (exact) mass is 286 g/mol. The molecule has 6 heteroatoms. The van der Waals surface area contributed by atoms with Gasteiger partial charge in [-0.1, -0.05) is 41.7 Å². The molecule has 0 fully saturated rings. The van der Waals surface area contributed by atoms with E-state index in [2.05, 4.69) is 27.4 Å². The molecule has 0 saturated carbocycles. The standard InChI is InChI=1S/C13H10N4S2/c18-13(17-7-6-14-9-17)16-12-15-8-11(19-12)10-4-2-1-3-5-10/h1-9H,(H,15,16,18). The molecule has 94 valence electrons. The fraction of sp³-hybridized carbons (Fsp3) is 0. The van der Waals surface area contributed by atoms with Gasteiger partial charge in [0.25, 0.3) is 0 Å². The molecule has 0 amide bonds. The highest BCUT2D eigenvalue weighted by Gasteiger charge is 2.06. The summed E-state index contributed by atoms with van der Waals surface area (Å²) in [6.45, 7) is 0. The molecule has 3 rings (SSSR count). The van der Waals surface area contributed by atoms with Crippen molar-refractivity contribution in [1.29, 1.82) is 0 Å². The van der Waals surface area contributed by atoms with Gasteiger partial charge in [0.1, 0.15) is 6.33 Å². The number of hydrogen-bond donors (Lipinski definition) is 1. The number of imidazole rings is 1. The summed E-state index contributed by atoms with van der Waals surface area (Å²) in [6, 6.07) is 10.1. The van der Waals surface area contributed by atoms with Crippen LogP contribution in [0.1, 0.15) is 0 Å². The van der Waals surface area contributed by atoms with E-state index in [1.807, 2.05) is 24.4 Å². The molecule has 0 bridgehead atoms. The maximum absolute atomic E-state index is 5.26. The SMILES string of the molecule is S=C(Nc1ncc(-c2ccccc2)s1)n1ccnc1. The minimum Gasteiger partial charge on any atom is -0.308 e. The van der Waals surface area contributed by atoms with E-state index in [9.17, 15) is 0 Å². The second kappa shape index (κ2) is 5.29. The lowest BCUT2D eigenvalue weighted by Gasteiger charge is -2.03. The average Bonchev–Trinajstić information content (AvgIpc) is 3.11. The number of aromatic nitrogens is 3. The topological polar surface area (TPSA) is 42.7 Å². The summed E-state index contributed by atoms with van der Waals surface area (Å²) in [5.74, 6) is 0. The van der Waals surface area contributed by atoms with Gasteiger partial charge in [-0.05, 0) is 17.8 Å². The van der Waals surface area contributed by atoms with Gasteiger partial charge in [0, 0.05) is 18.6 Å². The molecule has 0 saturated heterocycles. The van der Waals surface area contributed by atoms with Crippen molar-refractivity contribution in [2.75, 3.05) is 5.32 Å². The van der Waals surface area contributed by atoms with Crippen LogP contribution in [0.3, 0.4) is 0 Å². The summed E-state index contributed by atoms with van der Waals surface area (Å²) in [5, 5.41) is 4.43. The minimum absolute atomic E-state index is 0.562. The zero-order valence-electron chi connectivity index (χ0n) is 9.85. The molecule has 0 atom stereocenters. The molecule has 0 radical (unpaired) electrons. The van der Waals surface area contributed by atoms with Crippen LogP contribution >= 0.6 is 23.6 Å². The van der Waals surface area contributed by atoms with Crippen molar-refractivity contribution < 1.29 is 0 Å². The molecule has 2 aromatic heterocycles. The molecule has 0 aliphatic heterocycles. The third-order valence-corrected chi connectivity index (χ3v) is 3.79. The van der Waals surface area contributed by atoms with E-state index in [0.29, 0.717) is 5.11 Å². The normalized spacial score (nSPS) is 10.3. The molecular formula is C13H10N4S2. The first-order valence-electron chi connectivity index (χ1n) is 5.63. The highest BCUT2D eigenvalue weighted by atomic mass is 32.1. The molecule has 1 aromatic carbocycles. The highest BCUT2D eigenvalue weighted by molar-refractivity contribution is 7.80. The van der Waals surface area contributed by atoms with Crippen molar-refractivity contribution in [3.63, 3.8) is 0 Å². The van der Waals surface area contributed by atoms with E-state index < -0.39 is 0 Å². The Morgan fingerprint density at radius 1 is 1.26 bits per heavy atom. The fourth-order valence-corrected chi connectivity index (χ4v) is 2.69. The largest absolute Gasteiger partial charge is 0.308 e. The first-order chi connectivity index (χ1) is 9.33. The van der Waals surface area contributed by atoms with Gasteiger partial charge < -0.3 is 5.32 Å². The maximum Gasteiger partial charge on any atom is 0.189 e. The second-order valence-electron chi connectivity index (χ2n) is 3.80. The number of hydrogen-bond acceptors (Lipinski definition) is 4. The van der Waals surface area contributed by atoms with Gasteiger partial charge >= 0.3 is 0 Å². The second-order valence-corrected chi connectivity index (χ2v) is 5.21. The Morgan fingerprint density at radius 2 is 2.11 bits per heavy atom. The van der Waals surface area contributed by atoms with Crippen molar-refractivity contribution in [3.05, 3.63) is 55.2 Å². The number of nitrogens with zero attached hydrogens (tertiary/aromatic N) is 3. The number of thiocarbonyl (C=S) groups is 1. The first-order valence-corrected chi connectivity index (χ1v) is 6.86. The van der Waals surface area contributed by atoms with Crippen LogP contribution in [0.5, 0.6) is 0 Å². The molecule has 0 spiro atoms. The minimum atomic E-state index is 0.562. The van der Waals surface area contributed by atoms with Gasteiger partial charge in [-0.3, -0.25) is 4.57 Å². The molecule has 1 N–H and O–H groups in total. The zero-order chi connectivity index (χ0) is 13.1. The molecular weight excluding hydrogens is 276 g/mol. The van der Waals surface area contributed by atoms with E-state index >= 15 is 0 Å². The third kappa shape index (κ3) is 2.69. The maximum atomic E-state index is 5.26. The Bertz CT molecular complexity index is 674. The van der Waals surface area contributed by atoms with E-state index in [1.165, 1.54) is 0 Å². The lowest BCUT2D eigenvalue weighted by Crippen LogP contribution is -2.17. The van der Waals surface area contributed by atoms with Crippen LogP contribution in [0.4, 0.5) is 5.13 Å². The Balaban J connectivity index is 1.77. The Hall–Kier alpha value is -2.05. The number of benzene rings is 1. The number of anilines is 1. The number of nitrogens with one attached hydrogen (secondary N) is 1. The lowest BCUT2D eigenvalue weighted by molar-refractivity contribution is 1.15. The molecule has 3 aromatic rings. The summed E-state index contributed by atoms with van der Waals surface area (Å²) < 4.78 is 1.74. The van der Waals surface area contributed by atoms with Crippen LogP contribution in [0.25, 0.3) is 10.4 Å². The third-order valence-electron chi connectivity index (χ3n) is 2.52. The molecule has 4 nitrogen and oxygen atoms in total. The summed E-state index contributed by atoms with van der Waals surface area (Å²) in [6.07, 6.45) is 6.98. The quantitative estimate of drug-likeness (QED) is 0.734. The van der Waals surface area contributed by atoms with Crippen LogP contribution in [0.15, 0.2) is 55.2 Å². The Kier molecular flexibility index (Phi) is 3.35. The van der Waals surface area contributed by atoms with Crippen LogP contribution in [-0.4, -0.2) is 19.6 Å². The van der Waals surface area contributed by atoms with Crippen molar-refractivity contribution in [2.24, 2.45) is 0 Å². The fourth-order valence-electron chi connectivity index (χ4n) is 1.60. The van der Waals surface area contributed by atoms with Crippen LogP contribution < -0.4 is 5.32 Å². The molecule has 0 unspecified atom stereocenters. The van der Waals surface area contributed by atoms with Crippen molar-refractivity contribution in [2.45, 2.75) is 0 Å². The summed E-state index contributed by atoms with van der Waals surface area (Å²) in [5.41, 5.74) is 1.15. The van der Waals surface area contributed by atoms with Crippen molar-refractivity contribution in [1.82, 2.24) is 14.5 Å². The molecule has 19 heavy (non-hydrogen) atoms. The van der Waals surface area contributed by atoms with Gasteiger partial charge in [-0.25, -0.2) is 9.97 Å². The van der Waals surface area contributed by atoms with Gasteiger partial charge in [0.15, 0.2) is 10.2 Å². The Labute approximate surface area is 119 Å². The van der Waals surface area contributed by atoms with Gasteiger partial charge in [-0.2, -0.15) is 0 Å². The zero-order valence-corrected chi connectivity index (χ0v) is 11.5. The van der Waals surface area contributed by atoms with E-state index in [-0.39, 0.29) is 0 Å². The number of thiazole rings is 1. The van der Waals surface area contributed by atoms with Crippen LogP contribution in [-0.2, 0) is 0 Å². The van der Waals surface area contributed by atoms with E-state index in [1.54, 1.807) is 34.6 Å². The van der Waals surface area contributed by atoms with Crippen LogP contribution in [0, 0.1) is 0 Å². The summed E-state index contributed by atoms with van der Waals surface area (Å²) in [7, 11) is 0. The smallest absolute Gasteiger partial charge is 0.189 e. The molecule has 2 heterocycles. The van der Waals surface area contributed by atoms with E-state index in [0.717, 1.165) is 15.6 Å². The van der Waals surface area contributed by atoms with Crippen molar-refractivity contribution in [3.8, 4) is 10.4 Å². The molecule has 0 aliphatic carbocycles. The summed E-state index contributed by atoms with van der Waals surface area (Å²) >= 11 is 6.83. The Morgan fingerprint density at radius 3 is 2.84 bits per heavy atom. The predicted octanol–water partition coefficient (Wildman–Crippen LogP) is 3.25. The van der Waals surface area contributed by atoms with Crippen molar-refractivity contribution >= 4 is 33.8 Å². The molecule has 0 aliphatic rings. The number of rotatable bonds is 2.